The van der Waals surface area contributed by atoms with E-state index < -0.39 is 23.6 Å². The Morgan fingerprint density at radius 3 is 2.73 bits per heavy atom. The van der Waals surface area contributed by atoms with Gasteiger partial charge in [-0.25, -0.2) is 14.3 Å². The molecule has 0 saturated carbocycles. The molecule has 0 radical (unpaired) electrons. The van der Waals surface area contributed by atoms with E-state index in [1.54, 1.807) is 64.2 Å². The number of aromatic nitrogens is 4. The smallest absolute Gasteiger partial charge is 0.413 e. The fraction of sp³-hybridized carbons (Fsp3) is 0.269. The molecule has 4 rings (SSSR count). The van der Waals surface area contributed by atoms with E-state index in [9.17, 15) is 14.4 Å². The topological polar surface area (TPSA) is 120 Å². The highest BCUT2D eigenvalue weighted by Gasteiger charge is 2.26. The molecule has 3 heterocycles. The Labute approximate surface area is 217 Å². The summed E-state index contributed by atoms with van der Waals surface area (Å²) in [5.41, 5.74) is -0.179. The number of hydrogen-bond donors (Lipinski definition) is 2. The van der Waals surface area contributed by atoms with Gasteiger partial charge < -0.3 is 14.6 Å². The molecule has 2 N–H and O–H groups in total. The number of halogens is 1. The first-order valence-corrected chi connectivity index (χ1v) is 11.9. The summed E-state index contributed by atoms with van der Waals surface area (Å²) in [5.74, 6) is -0.553. The number of ether oxygens (including phenoxy) is 1. The average molecular weight is 523 g/mol. The van der Waals surface area contributed by atoms with Crippen LogP contribution in [0.25, 0.3) is 16.4 Å². The van der Waals surface area contributed by atoms with Gasteiger partial charge in [-0.1, -0.05) is 29.8 Å². The van der Waals surface area contributed by atoms with Crippen LogP contribution in [0.5, 0.6) is 0 Å². The summed E-state index contributed by atoms with van der Waals surface area (Å²) in [4.78, 5) is 43.5. The van der Waals surface area contributed by atoms with Crippen LogP contribution in [0.2, 0.25) is 5.02 Å². The molecule has 0 fully saturated rings. The molecule has 37 heavy (non-hydrogen) atoms. The van der Waals surface area contributed by atoms with Crippen molar-refractivity contribution < 1.29 is 14.3 Å². The fourth-order valence-corrected chi connectivity index (χ4v) is 4.24. The van der Waals surface area contributed by atoms with Crippen LogP contribution in [0.3, 0.4) is 0 Å². The van der Waals surface area contributed by atoms with Crippen molar-refractivity contribution >= 4 is 45.8 Å². The van der Waals surface area contributed by atoms with Gasteiger partial charge in [-0.3, -0.25) is 14.9 Å². The number of fused-ring (bicyclic) bond motifs is 2. The monoisotopic (exact) mass is 522 g/mol. The Balaban J connectivity index is 1.73. The van der Waals surface area contributed by atoms with Gasteiger partial charge in [-0.2, -0.15) is 0 Å². The summed E-state index contributed by atoms with van der Waals surface area (Å²) < 4.78 is 8.22. The minimum Gasteiger partial charge on any atom is -0.444 e. The number of anilines is 1. The van der Waals surface area contributed by atoms with Crippen LogP contribution in [0.1, 0.15) is 49.8 Å². The molecule has 1 unspecified atom stereocenters. The van der Waals surface area contributed by atoms with E-state index in [1.807, 2.05) is 6.07 Å². The second-order valence-electron chi connectivity index (χ2n) is 9.41. The molecule has 1 atom stereocenters. The van der Waals surface area contributed by atoms with Crippen LogP contribution in [-0.2, 0) is 11.3 Å². The van der Waals surface area contributed by atoms with Crippen LogP contribution < -0.4 is 16.2 Å². The van der Waals surface area contributed by atoms with E-state index in [0.717, 1.165) is 0 Å². The number of carbonyl (C=O) groups excluding carboxylic acids is 2. The lowest BCUT2D eigenvalue weighted by atomic mass is 10.1. The first-order valence-electron chi connectivity index (χ1n) is 11.6. The van der Waals surface area contributed by atoms with Gasteiger partial charge in [0, 0.05) is 24.6 Å². The van der Waals surface area contributed by atoms with Crippen molar-refractivity contribution in [3.8, 4) is 0 Å². The summed E-state index contributed by atoms with van der Waals surface area (Å²) in [6, 6.07) is 8.05. The number of benzene rings is 1. The Kier molecular flexibility index (Phi) is 7.04. The number of carbonyl (C=O) groups is 2. The molecule has 2 amide bonds. The van der Waals surface area contributed by atoms with E-state index in [-0.39, 0.29) is 29.1 Å². The maximum atomic E-state index is 13.5. The molecule has 0 saturated heterocycles. The predicted molar refractivity (Wildman–Crippen MR) is 142 cm³/mol. The van der Waals surface area contributed by atoms with Gasteiger partial charge >= 0.3 is 6.09 Å². The standard InChI is InChI=1S/C26H27ClN6O4/c1-6-12-32-18(14-16-9-7-10-17(27)19(16)24(32)35)15(2)29-23(34)20-21(30-25(36)37-26(3,4)5)31-33-13-8-11-28-22(20)33/h6-11,13-15H,1,12H2,2-5H3,(H,29,34)(H,30,31,36). The highest BCUT2D eigenvalue weighted by molar-refractivity contribution is 6.35. The molecule has 0 aliphatic carbocycles. The molecule has 10 nitrogen and oxygen atoms in total. The molecule has 0 spiro atoms. The highest BCUT2D eigenvalue weighted by atomic mass is 35.5. The molecule has 192 valence electrons. The lowest BCUT2D eigenvalue weighted by Gasteiger charge is -2.21. The third-order valence-electron chi connectivity index (χ3n) is 5.46. The molecule has 4 aromatic rings. The third kappa shape index (κ3) is 5.34. The zero-order valence-electron chi connectivity index (χ0n) is 20.9. The van der Waals surface area contributed by atoms with Crippen LogP contribution in [0.4, 0.5) is 10.6 Å². The van der Waals surface area contributed by atoms with Gasteiger partial charge in [-0.15, -0.1) is 11.7 Å². The summed E-state index contributed by atoms with van der Waals surface area (Å²) in [5, 5.41) is 11.1. The Morgan fingerprint density at radius 1 is 1.27 bits per heavy atom. The maximum absolute atomic E-state index is 13.5. The molecular weight excluding hydrogens is 496 g/mol. The number of amides is 2. The molecule has 0 bridgehead atoms. The lowest BCUT2D eigenvalue weighted by Crippen LogP contribution is -2.33. The van der Waals surface area contributed by atoms with E-state index in [4.69, 9.17) is 16.3 Å². The number of hydrogen-bond acceptors (Lipinski definition) is 6. The summed E-state index contributed by atoms with van der Waals surface area (Å²) >= 11 is 6.30. The Morgan fingerprint density at radius 2 is 2.03 bits per heavy atom. The van der Waals surface area contributed by atoms with Gasteiger partial charge in [0.25, 0.3) is 11.5 Å². The largest absolute Gasteiger partial charge is 0.444 e. The molecule has 11 heteroatoms. The minimum atomic E-state index is -0.760. The maximum Gasteiger partial charge on any atom is 0.413 e. The van der Waals surface area contributed by atoms with E-state index in [1.165, 1.54) is 15.3 Å². The van der Waals surface area contributed by atoms with Gasteiger partial charge in [0.2, 0.25) is 0 Å². The number of nitrogens with zero attached hydrogens (tertiary/aromatic N) is 4. The minimum absolute atomic E-state index is 0.00794. The van der Waals surface area contributed by atoms with Gasteiger partial charge in [0.1, 0.15) is 11.2 Å². The molecule has 3 aromatic heterocycles. The first kappa shape index (κ1) is 25.9. The lowest BCUT2D eigenvalue weighted by molar-refractivity contribution is 0.0635. The normalized spacial score (nSPS) is 12.4. The quantitative estimate of drug-likeness (QED) is 0.353. The van der Waals surface area contributed by atoms with Crippen LogP contribution in [-0.4, -0.2) is 36.8 Å². The first-order chi connectivity index (χ1) is 17.5. The van der Waals surface area contributed by atoms with Gasteiger partial charge in [0.15, 0.2) is 11.5 Å². The average Bonchev–Trinajstić information content (AvgIpc) is 3.17. The summed E-state index contributed by atoms with van der Waals surface area (Å²) in [6.45, 7) is 10.9. The molecule has 0 aliphatic rings. The highest BCUT2D eigenvalue weighted by Crippen LogP contribution is 2.25. The number of pyridine rings is 1. The molecular formula is C26H27ClN6O4. The van der Waals surface area contributed by atoms with Crippen molar-refractivity contribution in [2.24, 2.45) is 0 Å². The Bertz CT molecular complexity index is 1580. The molecule has 1 aromatic carbocycles. The third-order valence-corrected chi connectivity index (χ3v) is 5.78. The van der Waals surface area contributed by atoms with Crippen LogP contribution >= 0.6 is 11.6 Å². The van der Waals surface area contributed by atoms with Crippen molar-refractivity contribution in [3.63, 3.8) is 0 Å². The van der Waals surface area contributed by atoms with Crippen molar-refractivity contribution in [2.45, 2.75) is 45.9 Å². The van der Waals surface area contributed by atoms with Gasteiger partial charge in [0.05, 0.1) is 16.5 Å². The van der Waals surface area contributed by atoms with Crippen molar-refractivity contribution in [3.05, 3.63) is 82.0 Å². The number of allylic oxidation sites excluding steroid dienone is 1. The number of rotatable bonds is 6. The van der Waals surface area contributed by atoms with Crippen molar-refractivity contribution in [1.29, 1.82) is 0 Å². The van der Waals surface area contributed by atoms with E-state index in [0.29, 0.717) is 21.5 Å². The zero-order valence-corrected chi connectivity index (χ0v) is 21.7. The van der Waals surface area contributed by atoms with Crippen molar-refractivity contribution in [2.75, 3.05) is 5.32 Å². The second kappa shape index (κ2) is 10.1. The summed E-state index contributed by atoms with van der Waals surface area (Å²) in [7, 11) is 0. The van der Waals surface area contributed by atoms with Crippen LogP contribution in [0, 0.1) is 0 Å². The predicted octanol–water partition coefficient (Wildman–Crippen LogP) is 4.72. The SMILES string of the molecule is C=CCn1c(C(C)NC(=O)c2c(NC(=O)OC(C)(C)C)nn3cccnc23)cc2cccc(Cl)c2c1=O. The van der Waals surface area contributed by atoms with E-state index >= 15 is 0 Å². The second-order valence-corrected chi connectivity index (χ2v) is 9.82. The number of nitrogens with one attached hydrogen (secondary N) is 2. The zero-order chi connectivity index (χ0) is 26.9. The molecule has 0 aliphatic heterocycles. The van der Waals surface area contributed by atoms with Crippen molar-refractivity contribution in [1.82, 2.24) is 24.5 Å². The van der Waals surface area contributed by atoms with Gasteiger partial charge in [-0.05, 0) is 51.3 Å². The van der Waals surface area contributed by atoms with Crippen LogP contribution in [0.15, 0.2) is 60.2 Å². The Hall–Kier alpha value is -4.18. The van der Waals surface area contributed by atoms with E-state index in [2.05, 4.69) is 27.3 Å². The summed E-state index contributed by atoms with van der Waals surface area (Å²) in [6.07, 6.45) is 3.96. The fourth-order valence-electron chi connectivity index (χ4n) is 3.98.